The molecule has 6 heteroatoms. The predicted octanol–water partition coefficient (Wildman–Crippen LogP) is 4.94. The van der Waals surface area contributed by atoms with Crippen LogP contribution in [0.25, 0.3) is 22.2 Å². The van der Waals surface area contributed by atoms with E-state index in [0.717, 1.165) is 0 Å². The molecule has 29 heavy (non-hydrogen) atoms. The molecule has 4 nitrogen and oxygen atoms in total. The molecule has 0 bridgehead atoms. The first kappa shape index (κ1) is 18.4. The highest BCUT2D eigenvalue weighted by molar-refractivity contribution is 6.07. The second-order valence-electron chi connectivity index (χ2n) is 6.30. The van der Waals surface area contributed by atoms with Gasteiger partial charge in [0.05, 0.1) is 23.0 Å². The number of pyridine rings is 1. The Kier molecular flexibility index (Phi) is 5.07. The Bertz CT molecular complexity index is 1220. The van der Waals surface area contributed by atoms with Crippen molar-refractivity contribution in [3.63, 3.8) is 0 Å². The first-order valence-corrected chi connectivity index (χ1v) is 8.85. The minimum Gasteiger partial charge on any atom is -0.267 e. The number of carbonyl (C=O) groups is 1. The summed E-state index contributed by atoms with van der Waals surface area (Å²) in [4.78, 5) is 17.3. The van der Waals surface area contributed by atoms with Crippen LogP contribution in [0.15, 0.2) is 84.0 Å². The maximum Gasteiger partial charge on any atom is 0.272 e. The third-order valence-electron chi connectivity index (χ3n) is 4.38. The minimum atomic E-state index is -0.459. The van der Waals surface area contributed by atoms with Gasteiger partial charge in [-0.3, -0.25) is 4.79 Å². The van der Waals surface area contributed by atoms with Gasteiger partial charge in [0.2, 0.25) is 0 Å². The molecule has 4 aromatic rings. The average molecular weight is 387 g/mol. The molecule has 0 unspecified atom stereocenters. The SMILES string of the molecule is O=C(N/N=C\c1ccccc1F)c1cc(-c2ccc(F)cc2)nc2ccccc12. The highest BCUT2D eigenvalue weighted by Gasteiger charge is 2.13. The average Bonchev–Trinajstić information content (AvgIpc) is 2.74. The van der Waals surface area contributed by atoms with Crippen molar-refractivity contribution in [1.82, 2.24) is 10.4 Å². The zero-order valence-corrected chi connectivity index (χ0v) is 15.1. The van der Waals surface area contributed by atoms with Crippen LogP contribution in [-0.4, -0.2) is 17.1 Å². The van der Waals surface area contributed by atoms with Crippen LogP contribution >= 0.6 is 0 Å². The molecule has 1 aromatic heterocycles. The van der Waals surface area contributed by atoms with Gasteiger partial charge in [-0.2, -0.15) is 5.10 Å². The number of nitrogens with zero attached hydrogens (tertiary/aromatic N) is 2. The molecule has 4 rings (SSSR count). The third kappa shape index (κ3) is 4.01. The summed E-state index contributed by atoms with van der Waals surface area (Å²) >= 11 is 0. The molecule has 0 spiro atoms. The molecule has 0 aliphatic rings. The van der Waals surface area contributed by atoms with Crippen molar-refractivity contribution in [3.8, 4) is 11.3 Å². The lowest BCUT2D eigenvalue weighted by Gasteiger charge is -2.09. The summed E-state index contributed by atoms with van der Waals surface area (Å²) in [5.74, 6) is -1.24. The molecule has 1 amide bonds. The molecule has 0 saturated heterocycles. The van der Waals surface area contributed by atoms with Crippen molar-refractivity contribution >= 4 is 23.0 Å². The van der Waals surface area contributed by atoms with Crippen LogP contribution in [0, 0.1) is 11.6 Å². The van der Waals surface area contributed by atoms with Crippen LogP contribution in [-0.2, 0) is 0 Å². The first-order chi connectivity index (χ1) is 14.1. The Labute approximate surface area is 165 Å². The number of hydrazone groups is 1. The molecule has 0 fully saturated rings. The maximum absolute atomic E-state index is 13.7. The van der Waals surface area contributed by atoms with Crippen LogP contribution in [0.2, 0.25) is 0 Å². The second-order valence-corrected chi connectivity index (χ2v) is 6.30. The Hall–Kier alpha value is -3.93. The number of benzene rings is 3. The number of nitrogens with one attached hydrogen (secondary N) is 1. The van der Waals surface area contributed by atoms with E-state index in [4.69, 9.17) is 0 Å². The number of fused-ring (bicyclic) bond motifs is 1. The molecule has 0 aliphatic heterocycles. The van der Waals surface area contributed by atoms with E-state index in [1.807, 2.05) is 6.07 Å². The standard InChI is InChI=1S/C23H15F2N3O/c24-17-11-9-15(10-12-17)22-13-19(18-6-2-4-8-21(18)27-22)23(29)28-26-14-16-5-1-3-7-20(16)25/h1-14H,(H,28,29)/b26-14-. The summed E-state index contributed by atoms with van der Waals surface area (Å²) in [6.07, 6.45) is 1.25. The fourth-order valence-corrected chi connectivity index (χ4v) is 2.93. The van der Waals surface area contributed by atoms with Gasteiger partial charge in [-0.1, -0.05) is 36.4 Å². The van der Waals surface area contributed by atoms with Crippen molar-refractivity contribution in [3.05, 3.63) is 102 Å². The fourth-order valence-electron chi connectivity index (χ4n) is 2.93. The van der Waals surface area contributed by atoms with E-state index in [0.29, 0.717) is 27.7 Å². The number of amides is 1. The third-order valence-corrected chi connectivity index (χ3v) is 4.38. The first-order valence-electron chi connectivity index (χ1n) is 8.85. The molecule has 1 N–H and O–H groups in total. The van der Waals surface area contributed by atoms with Gasteiger partial charge in [0.1, 0.15) is 11.6 Å². The smallest absolute Gasteiger partial charge is 0.267 e. The van der Waals surface area contributed by atoms with Crippen molar-refractivity contribution in [2.24, 2.45) is 5.10 Å². The topological polar surface area (TPSA) is 54.4 Å². The number of hydrogen-bond acceptors (Lipinski definition) is 3. The Morgan fingerprint density at radius 1 is 0.931 bits per heavy atom. The van der Waals surface area contributed by atoms with Crippen LogP contribution in [0.3, 0.4) is 0 Å². The van der Waals surface area contributed by atoms with Crippen molar-refractivity contribution < 1.29 is 13.6 Å². The predicted molar refractivity (Wildman–Crippen MR) is 109 cm³/mol. The second kappa shape index (κ2) is 7.98. The Balaban J connectivity index is 1.69. The van der Waals surface area contributed by atoms with Crippen molar-refractivity contribution in [2.75, 3.05) is 0 Å². The summed E-state index contributed by atoms with van der Waals surface area (Å²) in [6, 6.07) is 20.8. The van der Waals surface area contributed by atoms with E-state index < -0.39 is 11.7 Å². The van der Waals surface area contributed by atoms with E-state index in [2.05, 4.69) is 15.5 Å². The van der Waals surface area contributed by atoms with E-state index in [1.165, 1.54) is 24.4 Å². The molecule has 0 saturated carbocycles. The van der Waals surface area contributed by atoms with Gasteiger partial charge >= 0.3 is 0 Å². The van der Waals surface area contributed by atoms with Crippen molar-refractivity contribution in [1.29, 1.82) is 0 Å². The van der Waals surface area contributed by atoms with Gasteiger partial charge in [-0.15, -0.1) is 0 Å². The summed E-state index contributed by atoms with van der Waals surface area (Å²) in [7, 11) is 0. The highest BCUT2D eigenvalue weighted by Crippen LogP contribution is 2.25. The fraction of sp³-hybridized carbons (Fsp3) is 0. The summed E-state index contributed by atoms with van der Waals surface area (Å²) in [6.45, 7) is 0. The number of halogens is 2. The highest BCUT2D eigenvalue weighted by atomic mass is 19.1. The summed E-state index contributed by atoms with van der Waals surface area (Å²) in [5.41, 5.74) is 4.89. The molecular weight excluding hydrogens is 372 g/mol. The monoisotopic (exact) mass is 387 g/mol. The van der Waals surface area contributed by atoms with E-state index >= 15 is 0 Å². The molecule has 1 heterocycles. The maximum atomic E-state index is 13.7. The van der Waals surface area contributed by atoms with Gasteiger partial charge in [-0.05, 0) is 42.5 Å². The number of aromatic nitrogens is 1. The van der Waals surface area contributed by atoms with Gasteiger partial charge in [0.25, 0.3) is 5.91 Å². The van der Waals surface area contributed by atoms with Crippen molar-refractivity contribution in [2.45, 2.75) is 0 Å². The van der Waals surface area contributed by atoms with Gasteiger partial charge in [0.15, 0.2) is 0 Å². The molecule has 0 radical (unpaired) electrons. The number of carbonyl (C=O) groups excluding carboxylic acids is 1. The van der Waals surface area contributed by atoms with E-state index in [9.17, 15) is 13.6 Å². The summed E-state index contributed by atoms with van der Waals surface area (Å²) < 4.78 is 26.9. The number of hydrogen-bond donors (Lipinski definition) is 1. The van der Waals surface area contributed by atoms with E-state index in [-0.39, 0.29) is 11.4 Å². The van der Waals surface area contributed by atoms with Gasteiger partial charge in [-0.25, -0.2) is 19.2 Å². The van der Waals surface area contributed by atoms with Crippen LogP contribution in [0.4, 0.5) is 8.78 Å². The molecule has 0 atom stereocenters. The van der Waals surface area contributed by atoms with Crippen LogP contribution < -0.4 is 5.43 Å². The van der Waals surface area contributed by atoms with Gasteiger partial charge in [0, 0.05) is 16.5 Å². The molecule has 0 aliphatic carbocycles. The normalized spacial score (nSPS) is 11.1. The quantitative estimate of drug-likeness (QED) is 0.398. The lowest BCUT2D eigenvalue weighted by Crippen LogP contribution is -2.18. The Morgan fingerprint density at radius 2 is 1.66 bits per heavy atom. The molecular formula is C23H15F2N3O. The minimum absolute atomic E-state index is 0.263. The van der Waals surface area contributed by atoms with Gasteiger partial charge < -0.3 is 0 Å². The summed E-state index contributed by atoms with van der Waals surface area (Å²) in [5, 5.41) is 4.51. The number of para-hydroxylation sites is 1. The zero-order valence-electron chi connectivity index (χ0n) is 15.1. The lowest BCUT2D eigenvalue weighted by atomic mass is 10.0. The Morgan fingerprint density at radius 3 is 2.45 bits per heavy atom. The largest absolute Gasteiger partial charge is 0.272 e. The van der Waals surface area contributed by atoms with E-state index in [1.54, 1.807) is 54.6 Å². The van der Waals surface area contributed by atoms with Crippen LogP contribution in [0.5, 0.6) is 0 Å². The molecule has 142 valence electrons. The lowest BCUT2D eigenvalue weighted by molar-refractivity contribution is 0.0956. The zero-order chi connectivity index (χ0) is 20.2. The van der Waals surface area contributed by atoms with Crippen LogP contribution in [0.1, 0.15) is 15.9 Å². The molecule has 3 aromatic carbocycles. The number of rotatable bonds is 4.